The average Bonchev–Trinajstić information content (AvgIpc) is 2.67. The van der Waals surface area contributed by atoms with Crippen molar-refractivity contribution in [3.8, 4) is 5.88 Å². The minimum absolute atomic E-state index is 0.0406. The topological polar surface area (TPSA) is 91.8 Å². The molecule has 1 fully saturated rings. The van der Waals surface area contributed by atoms with Crippen molar-refractivity contribution >= 4 is 15.8 Å². The fourth-order valence-electron chi connectivity index (χ4n) is 3.32. The summed E-state index contributed by atoms with van der Waals surface area (Å²) >= 11 is 0. The van der Waals surface area contributed by atoms with Gasteiger partial charge in [-0.15, -0.1) is 0 Å². The van der Waals surface area contributed by atoms with Gasteiger partial charge in [-0.2, -0.15) is 0 Å². The van der Waals surface area contributed by atoms with Gasteiger partial charge in [-0.3, -0.25) is 4.79 Å². The van der Waals surface area contributed by atoms with Crippen LogP contribution in [0.25, 0.3) is 0 Å². The normalized spacial score (nSPS) is 21.0. The van der Waals surface area contributed by atoms with Crippen LogP contribution in [0.1, 0.15) is 52.1 Å². The Balaban J connectivity index is 1.80. The maximum atomic E-state index is 12.6. The van der Waals surface area contributed by atoms with Crippen molar-refractivity contribution < 1.29 is 27.4 Å². The number of pyridine rings is 1. The molecule has 7 nitrogen and oxygen atoms in total. The fraction of sp³-hybridized carbons (Fsp3) is 0.684. The van der Waals surface area contributed by atoms with Crippen molar-refractivity contribution in [2.75, 3.05) is 19.0 Å². The van der Waals surface area contributed by atoms with Crippen molar-refractivity contribution in [3.63, 3.8) is 0 Å². The van der Waals surface area contributed by atoms with Crippen LogP contribution >= 0.6 is 0 Å². The number of sulfone groups is 1. The molecule has 1 saturated heterocycles. The summed E-state index contributed by atoms with van der Waals surface area (Å²) in [6.45, 7) is 6.55. The molecule has 3 rings (SSSR count). The van der Waals surface area contributed by atoms with E-state index in [0.717, 1.165) is 0 Å². The second-order valence-electron chi connectivity index (χ2n) is 8.16. The number of fused-ring (bicyclic) bond motifs is 1. The van der Waals surface area contributed by atoms with Gasteiger partial charge in [0.05, 0.1) is 25.4 Å². The van der Waals surface area contributed by atoms with Gasteiger partial charge >= 0.3 is 5.97 Å². The highest BCUT2D eigenvalue weighted by atomic mass is 32.2. The zero-order chi connectivity index (χ0) is 19.7. The predicted molar refractivity (Wildman–Crippen MR) is 98.5 cm³/mol. The van der Waals surface area contributed by atoms with E-state index in [1.165, 1.54) is 0 Å². The lowest BCUT2D eigenvalue weighted by Crippen LogP contribution is -2.42. The molecule has 0 atom stereocenters. The Kier molecular flexibility index (Phi) is 5.49. The number of nitrogens with zero attached hydrogens (tertiary/aromatic N) is 1. The third-order valence-electron chi connectivity index (χ3n) is 4.77. The zero-order valence-corrected chi connectivity index (χ0v) is 16.9. The first kappa shape index (κ1) is 20.1. The van der Waals surface area contributed by atoms with E-state index in [1.54, 1.807) is 12.1 Å². The molecule has 1 spiro atoms. The lowest BCUT2D eigenvalue weighted by atomic mass is 9.91. The molecule has 3 heterocycles. The molecule has 1 aromatic rings. The number of aryl methyl sites for hydroxylation is 1. The molecule has 1 aromatic heterocycles. The van der Waals surface area contributed by atoms with E-state index in [0.29, 0.717) is 44.6 Å². The molecular formula is C19H27NO6S. The first-order valence-electron chi connectivity index (χ1n) is 9.30. The molecule has 0 aliphatic carbocycles. The zero-order valence-electron chi connectivity index (χ0n) is 16.1. The van der Waals surface area contributed by atoms with Crippen LogP contribution in [-0.4, -0.2) is 49.5 Å². The van der Waals surface area contributed by atoms with Crippen molar-refractivity contribution in [1.29, 1.82) is 0 Å². The summed E-state index contributed by atoms with van der Waals surface area (Å²) < 4.78 is 42.1. The summed E-state index contributed by atoms with van der Waals surface area (Å²) in [5, 5.41) is 0. The second-order valence-corrected chi connectivity index (χ2v) is 10.2. The molecule has 0 radical (unpaired) electrons. The first-order chi connectivity index (χ1) is 12.6. The molecule has 0 saturated carbocycles. The molecule has 0 unspecified atom stereocenters. The summed E-state index contributed by atoms with van der Waals surface area (Å²) in [5.41, 5.74) is -0.475. The summed E-state index contributed by atoms with van der Waals surface area (Å²) in [5.74, 6) is -0.122. The third-order valence-corrected chi connectivity index (χ3v) is 6.49. The lowest BCUT2D eigenvalue weighted by molar-refractivity contribution is -0.154. The van der Waals surface area contributed by atoms with Gasteiger partial charge < -0.3 is 14.2 Å². The van der Waals surface area contributed by atoms with Crippen molar-refractivity contribution in [2.45, 2.75) is 69.0 Å². The molecule has 2 aliphatic rings. The molecule has 0 aromatic carbocycles. The van der Waals surface area contributed by atoms with Gasteiger partial charge in [0, 0.05) is 31.4 Å². The largest absolute Gasteiger partial charge is 0.470 e. The number of rotatable bonds is 3. The first-order valence-corrected chi connectivity index (χ1v) is 11.0. The molecule has 8 heteroatoms. The number of hydrogen-bond acceptors (Lipinski definition) is 7. The highest BCUT2D eigenvalue weighted by Crippen LogP contribution is 2.38. The van der Waals surface area contributed by atoms with Crippen LogP contribution in [0.3, 0.4) is 0 Å². The summed E-state index contributed by atoms with van der Waals surface area (Å²) in [6, 6.07) is 3.19. The maximum Gasteiger partial charge on any atom is 0.306 e. The Morgan fingerprint density at radius 1 is 1.22 bits per heavy atom. The predicted octanol–water partition coefficient (Wildman–Crippen LogP) is 2.46. The van der Waals surface area contributed by atoms with Crippen molar-refractivity contribution in [2.24, 2.45) is 0 Å². The van der Waals surface area contributed by atoms with Gasteiger partial charge in [-0.1, -0.05) is 0 Å². The van der Waals surface area contributed by atoms with E-state index in [1.807, 2.05) is 20.8 Å². The van der Waals surface area contributed by atoms with Crippen molar-refractivity contribution in [1.82, 2.24) is 4.98 Å². The van der Waals surface area contributed by atoms with Crippen LogP contribution in [-0.2, 0) is 30.5 Å². The summed E-state index contributed by atoms with van der Waals surface area (Å²) in [4.78, 5) is 16.5. The molecule has 0 amide bonds. The number of carbonyl (C=O) groups is 1. The Labute approximate surface area is 160 Å². The van der Waals surface area contributed by atoms with Gasteiger partial charge in [0.1, 0.15) is 16.1 Å². The van der Waals surface area contributed by atoms with Crippen LogP contribution in [0, 0.1) is 0 Å². The van der Waals surface area contributed by atoms with Crippen LogP contribution < -0.4 is 4.74 Å². The quantitative estimate of drug-likeness (QED) is 0.724. The molecular weight excluding hydrogens is 370 g/mol. The SMILES string of the molecule is CC(C)(C)OC(=O)CCc1ccc2c(n1)OC1(CCOCC1)CCS2(=O)=O. The molecule has 27 heavy (non-hydrogen) atoms. The van der Waals surface area contributed by atoms with E-state index >= 15 is 0 Å². The minimum Gasteiger partial charge on any atom is -0.470 e. The van der Waals surface area contributed by atoms with Crippen molar-refractivity contribution in [3.05, 3.63) is 17.8 Å². The Morgan fingerprint density at radius 2 is 1.93 bits per heavy atom. The standard InChI is InChI=1S/C19H27NO6S/c1-18(2,3)25-16(21)7-5-14-4-6-15-17(20-14)26-19(8-11-24-12-9-19)10-13-27(15,22)23/h4,6H,5,7-13H2,1-3H3. The highest BCUT2D eigenvalue weighted by Gasteiger charge is 2.41. The Bertz CT molecular complexity index is 806. The van der Waals surface area contributed by atoms with E-state index in [2.05, 4.69) is 4.98 Å². The number of ether oxygens (including phenoxy) is 3. The fourth-order valence-corrected chi connectivity index (χ4v) is 4.81. The second kappa shape index (κ2) is 7.39. The summed E-state index contributed by atoms with van der Waals surface area (Å²) in [7, 11) is -3.45. The van der Waals surface area contributed by atoms with Gasteiger partial charge in [0.2, 0.25) is 5.88 Å². The van der Waals surface area contributed by atoms with Crippen LogP contribution in [0.4, 0.5) is 0 Å². The van der Waals surface area contributed by atoms with Crippen LogP contribution in [0.2, 0.25) is 0 Å². The maximum absolute atomic E-state index is 12.6. The lowest BCUT2D eigenvalue weighted by Gasteiger charge is -2.35. The number of hydrogen-bond donors (Lipinski definition) is 0. The van der Waals surface area contributed by atoms with Gasteiger partial charge in [-0.25, -0.2) is 13.4 Å². The monoisotopic (exact) mass is 397 g/mol. The number of aromatic nitrogens is 1. The molecule has 0 bridgehead atoms. The smallest absolute Gasteiger partial charge is 0.306 e. The van der Waals surface area contributed by atoms with Gasteiger partial charge in [-0.05, 0) is 32.9 Å². The number of carbonyl (C=O) groups excluding carboxylic acids is 1. The number of esters is 1. The Hall–Kier alpha value is -1.67. The average molecular weight is 397 g/mol. The summed E-state index contributed by atoms with van der Waals surface area (Å²) in [6.07, 6.45) is 2.26. The van der Waals surface area contributed by atoms with Gasteiger partial charge in [0.15, 0.2) is 9.84 Å². The molecule has 150 valence electrons. The third kappa shape index (κ3) is 4.99. The highest BCUT2D eigenvalue weighted by molar-refractivity contribution is 7.91. The van der Waals surface area contributed by atoms with E-state index in [4.69, 9.17) is 14.2 Å². The van der Waals surface area contributed by atoms with E-state index < -0.39 is 21.0 Å². The molecule has 2 aliphatic heterocycles. The van der Waals surface area contributed by atoms with Gasteiger partial charge in [0.25, 0.3) is 0 Å². The van der Waals surface area contributed by atoms with Crippen LogP contribution in [0.5, 0.6) is 5.88 Å². The molecule has 0 N–H and O–H groups in total. The van der Waals surface area contributed by atoms with Crippen LogP contribution in [0.15, 0.2) is 17.0 Å². The Morgan fingerprint density at radius 3 is 2.59 bits per heavy atom. The van der Waals surface area contributed by atoms with E-state index in [-0.39, 0.29) is 28.9 Å². The minimum atomic E-state index is -3.45. The van der Waals surface area contributed by atoms with E-state index in [9.17, 15) is 13.2 Å².